The standard InChI is InChI=1S/C102H79BN2S3/c1-100(2,3)74-55-79(61-23-12-10-13-24-61)98-81(57-74)72-31-21-27-63(48-72)66-39-45-95-84(51-66)85-52-67(40-46-96(85)108-95)64-28-22-32-73(49-64)82-58-75(101(4,5)6)56-80(62-25-14-11-15-26-62)99(82)105-89-43-38-70(68-41-44-94-83(50-68)78-34-17-19-36-93(78)107-94)54-87(89)103-86-53-69(65-29-20-30-71(47-65)77-33-16-18-35-92(77)106)37-42-88(86)104(98)90-59-76(102(7,8)9)60-91(105)97(90)103/h10-60,106H,1-9H3. The van der Waals surface area contributed by atoms with E-state index in [1.807, 2.05) is 22.7 Å². The third-order valence-corrected chi connectivity index (χ3v) is 25.8. The van der Waals surface area contributed by atoms with Gasteiger partial charge in [-0.25, -0.2) is 0 Å². The normalized spacial score (nSPS) is 13.0. The predicted molar refractivity (Wildman–Crippen MR) is 472 cm³/mol. The fourth-order valence-electron chi connectivity index (χ4n) is 17.4. The molecule has 5 heterocycles. The maximum atomic E-state index is 5.06. The quantitative estimate of drug-likeness (QED) is 0.136. The molecule has 15 aromatic carbocycles. The number of hydrogen-bond donors (Lipinski definition) is 1. The third kappa shape index (κ3) is 11.0. The molecule has 0 atom stereocenters. The van der Waals surface area contributed by atoms with Gasteiger partial charge in [-0.3, -0.25) is 0 Å². The van der Waals surface area contributed by atoms with Crippen molar-refractivity contribution in [1.82, 2.24) is 0 Å². The van der Waals surface area contributed by atoms with Crippen LogP contribution < -0.4 is 26.2 Å². The molecule has 0 radical (unpaired) electrons. The smallest absolute Gasteiger partial charge is 0.252 e. The van der Waals surface area contributed by atoms with E-state index in [2.05, 4.69) is 381 Å². The Hall–Kier alpha value is -11.2. The average Bonchev–Trinajstić information content (AvgIpc) is 0.805. The topological polar surface area (TPSA) is 6.48 Å². The molecule has 17 aromatic rings. The molecule has 0 unspecified atom stereocenters. The summed E-state index contributed by atoms with van der Waals surface area (Å²) in [5.74, 6) is 0. The van der Waals surface area contributed by atoms with Crippen LogP contribution in [0.5, 0.6) is 0 Å². The highest BCUT2D eigenvalue weighted by Crippen LogP contribution is 2.56. The van der Waals surface area contributed by atoms with E-state index in [1.165, 1.54) is 129 Å². The molecule has 3 aliphatic heterocycles. The molecule has 2 aromatic heterocycles. The van der Waals surface area contributed by atoms with Gasteiger partial charge in [0.15, 0.2) is 0 Å². The first-order chi connectivity index (χ1) is 52.3. The highest BCUT2D eigenvalue weighted by atomic mass is 32.1. The van der Waals surface area contributed by atoms with Crippen LogP contribution in [0.2, 0.25) is 0 Å². The summed E-state index contributed by atoms with van der Waals surface area (Å²) in [6.07, 6.45) is 0. The van der Waals surface area contributed by atoms with Crippen LogP contribution in [0.1, 0.15) is 79.0 Å². The van der Waals surface area contributed by atoms with E-state index in [4.69, 9.17) is 12.6 Å². The SMILES string of the molecule is CC(C)(C)c1cc(-c2ccccc2)c2c(c1)-c1cccc(c1)-c1ccc3sc4ccc(cc4c3c1)-c1cccc(c1)-c1cc(C(C)(C)C)cc(-c3ccccc3)c1N1c3ccc(-c4ccc5sc6ccccc6c5c4)cc3B3c4cc(-c5cccc(-c6ccccc6S)c5)ccc4N2c2cc(C(C)(C)C)cc1c23. The number of nitrogens with zero attached hydrogens (tertiary/aromatic N) is 2. The van der Waals surface area contributed by atoms with Gasteiger partial charge in [0, 0.05) is 90.2 Å². The van der Waals surface area contributed by atoms with Crippen molar-refractivity contribution >= 4 is 133 Å². The van der Waals surface area contributed by atoms with E-state index < -0.39 is 0 Å². The molecular formula is C102H79BN2S3. The Kier molecular flexibility index (Phi) is 15.3. The summed E-state index contributed by atoms with van der Waals surface area (Å²) in [7, 11) is 0. The number of benzene rings is 15. The Balaban J connectivity index is 0.986. The first-order valence-corrected chi connectivity index (χ1v) is 39.9. The third-order valence-electron chi connectivity index (χ3n) is 23.1. The van der Waals surface area contributed by atoms with Crippen molar-refractivity contribution < 1.29 is 0 Å². The summed E-state index contributed by atoms with van der Waals surface area (Å²) in [6.45, 7) is 21.2. The van der Waals surface area contributed by atoms with Gasteiger partial charge in [-0.15, -0.1) is 35.3 Å². The van der Waals surface area contributed by atoms with Crippen molar-refractivity contribution in [3.05, 3.63) is 326 Å². The lowest BCUT2D eigenvalue weighted by molar-refractivity contribution is 0.590. The second-order valence-electron chi connectivity index (χ2n) is 33.0. The summed E-state index contributed by atoms with van der Waals surface area (Å²) < 4.78 is 5.15. The molecule has 2 nitrogen and oxygen atoms in total. The average molecular weight is 1440 g/mol. The van der Waals surface area contributed by atoms with Gasteiger partial charge in [0.05, 0.1) is 11.4 Å². The molecule has 0 aliphatic carbocycles. The molecular weight excluding hydrogens is 1360 g/mol. The highest BCUT2D eigenvalue weighted by molar-refractivity contribution is 7.80. The van der Waals surface area contributed by atoms with Crippen molar-refractivity contribution in [3.63, 3.8) is 0 Å². The molecule has 0 saturated carbocycles. The van der Waals surface area contributed by atoms with Crippen LogP contribution in [-0.2, 0) is 16.2 Å². The second kappa shape index (κ2) is 24.9. The largest absolute Gasteiger partial charge is 0.310 e. The van der Waals surface area contributed by atoms with E-state index in [1.54, 1.807) is 0 Å². The van der Waals surface area contributed by atoms with Gasteiger partial charge in [0.25, 0.3) is 6.71 Å². The monoisotopic (exact) mass is 1440 g/mol. The van der Waals surface area contributed by atoms with Crippen molar-refractivity contribution in [2.75, 3.05) is 9.80 Å². The maximum absolute atomic E-state index is 5.06. The van der Waals surface area contributed by atoms with Crippen LogP contribution in [0.15, 0.2) is 314 Å². The minimum absolute atomic E-state index is 0.227. The lowest BCUT2D eigenvalue weighted by atomic mass is 9.33. The molecule has 108 heavy (non-hydrogen) atoms. The fraction of sp³-hybridized carbons (Fsp3) is 0.118. The van der Waals surface area contributed by atoms with Gasteiger partial charge < -0.3 is 9.80 Å². The van der Waals surface area contributed by atoms with Crippen molar-refractivity contribution in [1.29, 1.82) is 0 Å². The number of thiol groups is 1. The van der Waals surface area contributed by atoms with Crippen LogP contribution in [-0.4, -0.2) is 6.71 Å². The Morgan fingerprint density at radius 1 is 0.250 bits per heavy atom. The number of hydrogen-bond acceptors (Lipinski definition) is 5. The molecule has 0 amide bonds. The number of anilines is 6. The van der Waals surface area contributed by atoms with Crippen LogP contribution in [0.3, 0.4) is 0 Å². The zero-order valence-electron chi connectivity index (χ0n) is 62.2. The Morgan fingerprint density at radius 3 is 1.01 bits per heavy atom. The molecule has 3 aliphatic rings. The molecule has 20 rings (SSSR count). The number of fused-ring (bicyclic) bond motifs is 23. The van der Waals surface area contributed by atoms with Crippen molar-refractivity contribution in [2.45, 2.75) is 83.5 Å². The van der Waals surface area contributed by atoms with E-state index >= 15 is 0 Å². The van der Waals surface area contributed by atoms with E-state index in [0.717, 1.165) is 83.5 Å². The molecule has 0 spiro atoms. The van der Waals surface area contributed by atoms with Gasteiger partial charge in [-0.1, -0.05) is 256 Å². The van der Waals surface area contributed by atoms with E-state index in [-0.39, 0.29) is 23.0 Å². The summed E-state index contributed by atoms with van der Waals surface area (Å²) >= 11 is 8.82. The highest BCUT2D eigenvalue weighted by Gasteiger charge is 2.47. The minimum atomic E-state index is -0.324. The van der Waals surface area contributed by atoms with Crippen LogP contribution in [0, 0.1) is 0 Å². The Bertz CT molecular complexity index is 6580. The molecule has 518 valence electrons. The minimum Gasteiger partial charge on any atom is -0.310 e. The predicted octanol–water partition coefficient (Wildman–Crippen LogP) is 28.0. The van der Waals surface area contributed by atoms with E-state index in [0.29, 0.717) is 0 Å². The maximum Gasteiger partial charge on any atom is 0.252 e. The summed E-state index contributed by atoms with van der Waals surface area (Å²) in [4.78, 5) is 6.44. The number of rotatable bonds is 5. The summed E-state index contributed by atoms with van der Waals surface area (Å²) in [6, 6.07) is 120. The van der Waals surface area contributed by atoms with Gasteiger partial charge in [0.2, 0.25) is 0 Å². The molecule has 6 heteroatoms. The van der Waals surface area contributed by atoms with Crippen molar-refractivity contribution in [3.8, 4) is 100 Å². The summed E-state index contributed by atoms with van der Waals surface area (Å²) in [5, 5.41) is 5.11. The van der Waals surface area contributed by atoms with Crippen LogP contribution >= 0.6 is 35.3 Å². The Labute approximate surface area is 647 Å². The molecule has 0 saturated heterocycles. The Morgan fingerprint density at radius 2 is 0.574 bits per heavy atom. The van der Waals surface area contributed by atoms with E-state index in [9.17, 15) is 0 Å². The molecule has 0 fully saturated rings. The second-order valence-corrected chi connectivity index (χ2v) is 35.6. The zero-order valence-corrected chi connectivity index (χ0v) is 64.7. The van der Waals surface area contributed by atoms with Gasteiger partial charge in [-0.05, 0) is 242 Å². The lowest BCUT2D eigenvalue weighted by Crippen LogP contribution is -2.61. The number of thiophene rings is 2. The van der Waals surface area contributed by atoms with Gasteiger partial charge >= 0.3 is 0 Å². The van der Waals surface area contributed by atoms with Crippen molar-refractivity contribution in [2.24, 2.45) is 0 Å². The first kappa shape index (κ1) is 66.2. The lowest BCUT2D eigenvalue weighted by Gasteiger charge is -2.47. The van der Waals surface area contributed by atoms with Crippen LogP contribution in [0.25, 0.3) is 140 Å². The fourth-order valence-corrected chi connectivity index (χ4v) is 19.8. The summed E-state index contributed by atoms with van der Waals surface area (Å²) in [5.41, 5.74) is 34.5. The van der Waals surface area contributed by atoms with Crippen LogP contribution in [0.4, 0.5) is 34.1 Å². The van der Waals surface area contributed by atoms with Gasteiger partial charge in [0.1, 0.15) is 0 Å². The van der Waals surface area contributed by atoms with Gasteiger partial charge in [-0.2, -0.15) is 0 Å². The molecule has 13 bridgehead atoms. The zero-order chi connectivity index (χ0) is 73.2. The first-order valence-electron chi connectivity index (χ1n) is 37.8. The molecule has 0 N–H and O–H groups in total.